The molecule has 0 spiro atoms. The first-order chi connectivity index (χ1) is 12.7. The maximum Gasteiger partial charge on any atom is 0.192 e. The summed E-state index contributed by atoms with van der Waals surface area (Å²) in [6, 6.07) is 14.4. The van der Waals surface area contributed by atoms with Crippen molar-refractivity contribution in [2.45, 2.75) is 26.0 Å². The topological polar surface area (TPSA) is 35.9 Å². The number of anilines is 1. The van der Waals surface area contributed by atoms with E-state index in [1.807, 2.05) is 37.3 Å². The molecule has 1 N–H and O–H groups in total. The van der Waals surface area contributed by atoms with Crippen LogP contribution in [-0.2, 0) is 4.84 Å². The van der Waals surface area contributed by atoms with E-state index in [0.29, 0.717) is 6.61 Å². The SMILES string of the molecule is CCON1c2ccccc2C(c2cccc(F)c2)=C(N2CCCC2)C1O. The fourth-order valence-electron chi connectivity index (χ4n) is 3.89. The van der Waals surface area contributed by atoms with Gasteiger partial charge < -0.3 is 10.0 Å². The van der Waals surface area contributed by atoms with Crippen molar-refractivity contribution in [1.82, 2.24) is 4.90 Å². The minimum absolute atomic E-state index is 0.282. The second-order valence-electron chi connectivity index (χ2n) is 6.60. The lowest BCUT2D eigenvalue weighted by Crippen LogP contribution is -2.45. The summed E-state index contributed by atoms with van der Waals surface area (Å²) in [7, 11) is 0. The third kappa shape index (κ3) is 2.87. The lowest BCUT2D eigenvalue weighted by Gasteiger charge is -2.40. The molecule has 26 heavy (non-hydrogen) atoms. The molecule has 2 heterocycles. The van der Waals surface area contributed by atoms with Gasteiger partial charge in [0.05, 0.1) is 18.0 Å². The van der Waals surface area contributed by atoms with Crippen LogP contribution in [0.15, 0.2) is 54.2 Å². The van der Waals surface area contributed by atoms with Gasteiger partial charge in [-0.05, 0) is 43.5 Å². The lowest BCUT2D eigenvalue weighted by atomic mass is 9.90. The molecule has 1 fully saturated rings. The molecular formula is C21H23FN2O2. The van der Waals surface area contributed by atoms with Crippen LogP contribution in [0.5, 0.6) is 0 Å². The molecule has 1 atom stereocenters. The Kier molecular flexibility index (Phi) is 4.66. The zero-order chi connectivity index (χ0) is 18.1. The summed E-state index contributed by atoms with van der Waals surface area (Å²) in [6.07, 6.45) is 1.24. The van der Waals surface area contributed by atoms with Crippen LogP contribution in [0.4, 0.5) is 10.1 Å². The second-order valence-corrected chi connectivity index (χ2v) is 6.60. The van der Waals surface area contributed by atoms with E-state index in [1.54, 1.807) is 11.1 Å². The highest BCUT2D eigenvalue weighted by Crippen LogP contribution is 2.43. The summed E-state index contributed by atoms with van der Waals surface area (Å²) >= 11 is 0. The first kappa shape index (κ1) is 17.1. The van der Waals surface area contributed by atoms with Crippen LogP contribution < -0.4 is 5.06 Å². The van der Waals surface area contributed by atoms with Gasteiger partial charge in [0, 0.05) is 24.2 Å². The summed E-state index contributed by atoms with van der Waals surface area (Å²) in [5.41, 5.74) is 4.18. The first-order valence-electron chi connectivity index (χ1n) is 9.15. The van der Waals surface area contributed by atoms with E-state index in [2.05, 4.69) is 4.90 Å². The van der Waals surface area contributed by atoms with Gasteiger partial charge in [-0.1, -0.05) is 30.3 Å². The predicted molar refractivity (Wildman–Crippen MR) is 99.8 cm³/mol. The van der Waals surface area contributed by atoms with E-state index in [-0.39, 0.29) is 5.82 Å². The Morgan fingerprint density at radius 1 is 1.12 bits per heavy atom. The molecule has 0 amide bonds. The average molecular weight is 354 g/mol. The van der Waals surface area contributed by atoms with Gasteiger partial charge in [-0.15, -0.1) is 0 Å². The van der Waals surface area contributed by atoms with Gasteiger partial charge in [-0.3, -0.25) is 4.84 Å². The summed E-state index contributed by atoms with van der Waals surface area (Å²) in [4.78, 5) is 7.97. The molecule has 4 rings (SSSR count). The Morgan fingerprint density at radius 2 is 1.88 bits per heavy atom. The molecule has 2 aromatic rings. The minimum Gasteiger partial charge on any atom is -0.371 e. The van der Waals surface area contributed by atoms with E-state index in [1.165, 1.54) is 12.1 Å². The van der Waals surface area contributed by atoms with Gasteiger partial charge in [-0.2, -0.15) is 0 Å². The number of hydrogen-bond donors (Lipinski definition) is 1. The maximum absolute atomic E-state index is 14.0. The molecule has 1 saturated heterocycles. The molecule has 0 bridgehead atoms. The van der Waals surface area contributed by atoms with Gasteiger partial charge in [0.25, 0.3) is 0 Å². The first-order valence-corrected chi connectivity index (χ1v) is 9.15. The van der Waals surface area contributed by atoms with E-state index >= 15 is 0 Å². The molecule has 1 unspecified atom stereocenters. The Hall–Kier alpha value is -2.37. The van der Waals surface area contributed by atoms with Gasteiger partial charge in [-0.25, -0.2) is 9.45 Å². The van der Waals surface area contributed by atoms with Crippen LogP contribution in [-0.4, -0.2) is 35.9 Å². The molecule has 2 aliphatic heterocycles. The molecule has 0 aromatic heterocycles. The second kappa shape index (κ2) is 7.09. The van der Waals surface area contributed by atoms with Crippen molar-refractivity contribution in [2.24, 2.45) is 0 Å². The fraction of sp³-hybridized carbons (Fsp3) is 0.333. The molecule has 0 aliphatic carbocycles. The summed E-state index contributed by atoms with van der Waals surface area (Å²) < 4.78 is 14.0. The molecule has 0 radical (unpaired) electrons. The van der Waals surface area contributed by atoms with Crippen LogP contribution in [0.1, 0.15) is 30.9 Å². The van der Waals surface area contributed by atoms with Crippen molar-refractivity contribution in [2.75, 3.05) is 24.8 Å². The Balaban J connectivity index is 1.97. The van der Waals surface area contributed by atoms with Crippen molar-refractivity contribution < 1.29 is 14.3 Å². The monoisotopic (exact) mass is 354 g/mol. The van der Waals surface area contributed by atoms with E-state index in [0.717, 1.165) is 54.0 Å². The van der Waals surface area contributed by atoms with E-state index in [4.69, 9.17) is 4.84 Å². The third-order valence-corrected chi connectivity index (χ3v) is 4.96. The highest BCUT2D eigenvalue weighted by Gasteiger charge is 2.36. The molecule has 4 nitrogen and oxygen atoms in total. The molecule has 5 heteroatoms. The normalized spacial score (nSPS) is 19.9. The molecule has 136 valence electrons. The van der Waals surface area contributed by atoms with Gasteiger partial charge in [0.2, 0.25) is 0 Å². The molecule has 0 saturated carbocycles. The van der Waals surface area contributed by atoms with E-state index in [9.17, 15) is 9.50 Å². The van der Waals surface area contributed by atoms with Crippen LogP contribution in [0.25, 0.3) is 5.57 Å². The highest BCUT2D eigenvalue weighted by molar-refractivity contribution is 5.90. The molecule has 2 aromatic carbocycles. The maximum atomic E-state index is 14.0. The van der Waals surface area contributed by atoms with Crippen LogP contribution in [0.2, 0.25) is 0 Å². The number of benzene rings is 2. The fourth-order valence-corrected chi connectivity index (χ4v) is 3.89. The number of fused-ring (bicyclic) bond motifs is 1. The zero-order valence-corrected chi connectivity index (χ0v) is 14.9. The lowest BCUT2D eigenvalue weighted by molar-refractivity contribution is 0.0177. The Morgan fingerprint density at radius 3 is 2.62 bits per heavy atom. The van der Waals surface area contributed by atoms with Crippen molar-refractivity contribution in [3.63, 3.8) is 0 Å². The van der Waals surface area contributed by atoms with E-state index < -0.39 is 6.23 Å². The van der Waals surface area contributed by atoms with Crippen LogP contribution in [0, 0.1) is 5.82 Å². The Labute approximate surface area is 153 Å². The van der Waals surface area contributed by atoms with Crippen LogP contribution in [0.3, 0.4) is 0 Å². The van der Waals surface area contributed by atoms with Crippen LogP contribution >= 0.6 is 0 Å². The number of rotatable bonds is 4. The Bertz CT molecular complexity index is 830. The van der Waals surface area contributed by atoms with Crippen molar-refractivity contribution in [1.29, 1.82) is 0 Å². The van der Waals surface area contributed by atoms with Crippen molar-refractivity contribution >= 4 is 11.3 Å². The number of para-hydroxylation sites is 1. The number of hydroxylamine groups is 1. The highest BCUT2D eigenvalue weighted by atomic mass is 19.1. The number of aliphatic hydroxyl groups excluding tert-OH is 1. The zero-order valence-electron chi connectivity index (χ0n) is 14.9. The third-order valence-electron chi connectivity index (χ3n) is 4.96. The number of hydrogen-bond acceptors (Lipinski definition) is 4. The molecule has 2 aliphatic rings. The quantitative estimate of drug-likeness (QED) is 0.907. The summed E-state index contributed by atoms with van der Waals surface area (Å²) in [6.45, 7) is 4.12. The van der Waals surface area contributed by atoms with Gasteiger partial charge in [0.15, 0.2) is 6.23 Å². The summed E-state index contributed by atoms with van der Waals surface area (Å²) in [5, 5.41) is 12.8. The minimum atomic E-state index is -0.929. The average Bonchev–Trinajstić information content (AvgIpc) is 3.18. The largest absolute Gasteiger partial charge is 0.371 e. The molecular weight excluding hydrogens is 331 g/mol. The van der Waals surface area contributed by atoms with Gasteiger partial charge in [0.1, 0.15) is 5.82 Å². The standard InChI is InChI=1S/C21H23FN2O2/c1-2-26-24-18-11-4-3-10-17(18)19(15-8-7-9-16(22)14-15)20(21(24)25)23-12-5-6-13-23/h3-4,7-11,14,21,25H,2,5-6,12-13H2,1H3. The predicted octanol–water partition coefficient (Wildman–Crippen LogP) is 3.77. The number of nitrogens with zero attached hydrogens (tertiary/aromatic N) is 2. The summed E-state index contributed by atoms with van der Waals surface area (Å²) in [5.74, 6) is -0.282. The van der Waals surface area contributed by atoms with Crippen molar-refractivity contribution in [3.05, 3.63) is 71.2 Å². The number of aliphatic hydroxyl groups is 1. The van der Waals surface area contributed by atoms with Gasteiger partial charge >= 0.3 is 0 Å². The number of halogens is 1. The van der Waals surface area contributed by atoms with Crippen molar-refractivity contribution in [3.8, 4) is 0 Å². The smallest absolute Gasteiger partial charge is 0.192 e. The number of likely N-dealkylation sites (tertiary alicyclic amines) is 1.